The minimum absolute atomic E-state index is 0.304. The summed E-state index contributed by atoms with van der Waals surface area (Å²) in [4.78, 5) is 2.78. The minimum Gasteiger partial charge on any atom is -0.298 e. The van der Waals surface area contributed by atoms with Crippen LogP contribution < -0.4 is 0 Å². The first-order chi connectivity index (χ1) is 18.1. The van der Waals surface area contributed by atoms with Gasteiger partial charge in [0.1, 0.15) is 0 Å². The van der Waals surface area contributed by atoms with Crippen LogP contribution in [0.3, 0.4) is 0 Å². The van der Waals surface area contributed by atoms with Crippen molar-refractivity contribution in [3.63, 3.8) is 0 Å². The summed E-state index contributed by atoms with van der Waals surface area (Å²) in [6.45, 7) is 2.86. The Labute approximate surface area is 218 Å². The quantitative estimate of drug-likeness (QED) is 0.254. The van der Waals surface area contributed by atoms with Gasteiger partial charge in [-0.25, -0.2) is 12.4 Å². The third kappa shape index (κ3) is 4.85. The molecule has 1 unspecified atom stereocenters. The molecule has 1 fully saturated rings. The lowest BCUT2D eigenvalue weighted by Crippen LogP contribution is -2.19. The van der Waals surface area contributed by atoms with Crippen molar-refractivity contribution in [2.24, 2.45) is 0 Å². The molecule has 2 heterocycles. The van der Waals surface area contributed by atoms with Crippen LogP contribution in [-0.4, -0.2) is 30.4 Å². The van der Waals surface area contributed by atoms with Gasteiger partial charge >= 0.3 is 0 Å². The van der Waals surface area contributed by atoms with Crippen LogP contribution in [0.5, 0.6) is 0 Å². The zero-order valence-electron chi connectivity index (χ0n) is 20.7. The van der Waals surface area contributed by atoms with E-state index in [0.717, 1.165) is 54.5 Å². The Hall–Kier alpha value is -3.67. The van der Waals surface area contributed by atoms with E-state index in [9.17, 15) is 8.42 Å². The summed E-state index contributed by atoms with van der Waals surface area (Å²) >= 11 is 0. The first-order valence-electron chi connectivity index (χ1n) is 12.8. The lowest BCUT2D eigenvalue weighted by Gasteiger charge is -2.16. The largest absolute Gasteiger partial charge is 0.298 e. The predicted molar refractivity (Wildman–Crippen MR) is 149 cm³/mol. The van der Waals surface area contributed by atoms with Crippen molar-refractivity contribution < 1.29 is 8.42 Å². The van der Waals surface area contributed by atoms with Crippen molar-refractivity contribution in [2.45, 2.75) is 30.2 Å². The number of aromatic nitrogens is 1. The van der Waals surface area contributed by atoms with Crippen molar-refractivity contribution in [1.29, 1.82) is 0 Å². The van der Waals surface area contributed by atoms with E-state index in [0.29, 0.717) is 10.8 Å². The molecule has 0 saturated carbocycles. The van der Waals surface area contributed by atoms with Crippen LogP contribution in [0.25, 0.3) is 10.9 Å². The van der Waals surface area contributed by atoms with Gasteiger partial charge in [0.2, 0.25) is 0 Å². The fourth-order valence-electron chi connectivity index (χ4n) is 5.50. The minimum atomic E-state index is -3.72. The molecule has 37 heavy (non-hydrogen) atoms. The van der Waals surface area contributed by atoms with Crippen molar-refractivity contribution in [3.05, 3.63) is 138 Å². The molecule has 186 valence electrons. The van der Waals surface area contributed by atoms with Crippen LogP contribution in [0.1, 0.15) is 34.6 Å². The molecule has 0 bridgehead atoms. The van der Waals surface area contributed by atoms with Gasteiger partial charge in [-0.3, -0.25) is 4.90 Å². The first-order valence-corrected chi connectivity index (χ1v) is 14.3. The second kappa shape index (κ2) is 10.0. The van der Waals surface area contributed by atoms with Gasteiger partial charge in [-0.15, -0.1) is 0 Å². The Bertz CT molecular complexity index is 1610. The maximum Gasteiger partial charge on any atom is 0.268 e. The maximum atomic E-state index is 13.8. The average molecular weight is 507 g/mol. The summed E-state index contributed by atoms with van der Waals surface area (Å²) < 4.78 is 29.1. The van der Waals surface area contributed by atoms with E-state index in [2.05, 4.69) is 47.4 Å². The Morgan fingerprint density at radius 2 is 1.32 bits per heavy atom. The molecule has 5 heteroatoms. The Balaban J connectivity index is 1.28. The van der Waals surface area contributed by atoms with Crippen molar-refractivity contribution in [1.82, 2.24) is 8.87 Å². The molecule has 0 spiro atoms. The van der Waals surface area contributed by atoms with E-state index in [1.807, 2.05) is 60.8 Å². The lowest BCUT2D eigenvalue weighted by molar-refractivity contribution is 0.327. The van der Waals surface area contributed by atoms with Crippen LogP contribution in [0, 0.1) is 0 Å². The summed E-state index contributed by atoms with van der Waals surface area (Å²) in [6, 6.07) is 35.9. The molecule has 1 aliphatic rings. The molecule has 6 rings (SSSR count). The Kier molecular flexibility index (Phi) is 6.41. The number of benzene rings is 4. The summed E-state index contributed by atoms with van der Waals surface area (Å²) in [7, 11) is -3.72. The van der Waals surface area contributed by atoms with E-state index < -0.39 is 10.0 Å². The number of hydrogen-bond acceptors (Lipinski definition) is 3. The molecule has 4 nitrogen and oxygen atoms in total. The Morgan fingerprint density at radius 3 is 2.05 bits per heavy atom. The SMILES string of the molecule is O=S(=O)(c1ccc(Cc2ccccc2)cc1)n1cc(C2CCN(Cc3ccccc3)C2)c2ccccc21. The third-order valence-corrected chi connectivity index (χ3v) is 9.09. The van der Waals surface area contributed by atoms with Crippen LogP contribution in [-0.2, 0) is 23.0 Å². The average Bonchev–Trinajstić information content (AvgIpc) is 3.55. The second-order valence-electron chi connectivity index (χ2n) is 9.92. The fourth-order valence-corrected chi connectivity index (χ4v) is 6.87. The van der Waals surface area contributed by atoms with E-state index in [-0.39, 0.29) is 0 Å². The highest BCUT2D eigenvalue weighted by atomic mass is 32.2. The number of para-hydroxylation sites is 1. The van der Waals surface area contributed by atoms with E-state index in [1.165, 1.54) is 15.1 Å². The molecule has 1 atom stereocenters. The van der Waals surface area contributed by atoms with Gasteiger partial charge in [0.25, 0.3) is 10.0 Å². The van der Waals surface area contributed by atoms with Crippen LogP contribution >= 0.6 is 0 Å². The lowest BCUT2D eigenvalue weighted by atomic mass is 9.98. The van der Waals surface area contributed by atoms with Crippen molar-refractivity contribution >= 4 is 20.9 Å². The fraction of sp³-hybridized carbons (Fsp3) is 0.188. The first kappa shape index (κ1) is 23.7. The molecule has 0 aliphatic carbocycles. The van der Waals surface area contributed by atoms with E-state index in [1.54, 1.807) is 12.1 Å². The van der Waals surface area contributed by atoms with E-state index >= 15 is 0 Å². The molecule has 4 aromatic carbocycles. The topological polar surface area (TPSA) is 42.3 Å². The van der Waals surface area contributed by atoms with Gasteiger partial charge in [-0.2, -0.15) is 0 Å². The number of rotatable bonds is 7. The molecule has 0 N–H and O–H groups in total. The molecular formula is C32H30N2O2S. The summed E-state index contributed by atoms with van der Waals surface area (Å²) in [6.07, 6.45) is 3.67. The molecule has 1 aliphatic heterocycles. The second-order valence-corrected chi connectivity index (χ2v) is 11.7. The number of nitrogens with zero attached hydrogens (tertiary/aromatic N) is 2. The molecule has 5 aromatic rings. The molecule has 0 radical (unpaired) electrons. The Morgan fingerprint density at radius 1 is 0.703 bits per heavy atom. The monoisotopic (exact) mass is 506 g/mol. The molecule has 1 saturated heterocycles. The van der Waals surface area contributed by atoms with Gasteiger partial charge in [-0.05, 0) is 65.8 Å². The highest BCUT2D eigenvalue weighted by molar-refractivity contribution is 7.90. The molecule has 0 amide bonds. The number of likely N-dealkylation sites (tertiary alicyclic amines) is 1. The van der Waals surface area contributed by atoms with Gasteiger partial charge in [0.15, 0.2) is 0 Å². The normalized spacial score (nSPS) is 16.4. The summed E-state index contributed by atoms with van der Waals surface area (Å²) in [5.41, 5.74) is 5.47. The van der Waals surface area contributed by atoms with Crippen LogP contribution in [0.2, 0.25) is 0 Å². The zero-order chi connectivity index (χ0) is 25.2. The standard InChI is InChI=1S/C32H30N2O2S/c35-37(36,29-17-15-26(16-18-29)21-25-9-3-1-4-10-25)34-24-31(30-13-7-8-14-32(30)34)28-19-20-33(23-28)22-27-11-5-2-6-12-27/h1-18,24,28H,19-23H2. The number of hydrogen-bond donors (Lipinski definition) is 0. The van der Waals surface area contributed by atoms with E-state index in [4.69, 9.17) is 0 Å². The van der Waals surface area contributed by atoms with Crippen LogP contribution in [0.15, 0.2) is 120 Å². The molecule has 1 aromatic heterocycles. The van der Waals surface area contributed by atoms with Gasteiger partial charge < -0.3 is 0 Å². The highest BCUT2D eigenvalue weighted by Gasteiger charge is 2.29. The summed E-state index contributed by atoms with van der Waals surface area (Å²) in [5.74, 6) is 0.304. The van der Waals surface area contributed by atoms with Gasteiger partial charge in [0, 0.05) is 24.7 Å². The third-order valence-electron chi connectivity index (χ3n) is 7.40. The molecular weight excluding hydrogens is 476 g/mol. The van der Waals surface area contributed by atoms with Crippen molar-refractivity contribution in [2.75, 3.05) is 13.1 Å². The highest BCUT2D eigenvalue weighted by Crippen LogP contribution is 2.36. The number of fused-ring (bicyclic) bond motifs is 1. The zero-order valence-corrected chi connectivity index (χ0v) is 21.5. The summed E-state index contributed by atoms with van der Waals surface area (Å²) in [5, 5.41) is 1.03. The van der Waals surface area contributed by atoms with Crippen molar-refractivity contribution in [3.8, 4) is 0 Å². The maximum absolute atomic E-state index is 13.8. The van der Waals surface area contributed by atoms with Crippen LogP contribution in [0.4, 0.5) is 0 Å². The smallest absolute Gasteiger partial charge is 0.268 e. The van der Waals surface area contributed by atoms with Gasteiger partial charge in [-0.1, -0.05) is 91.0 Å². The van der Waals surface area contributed by atoms with Gasteiger partial charge in [0.05, 0.1) is 10.4 Å². The predicted octanol–water partition coefficient (Wildman–Crippen LogP) is 6.46.